The number of carboxylic acids is 3. The van der Waals surface area contributed by atoms with Gasteiger partial charge in [-0.05, 0) is 138 Å². The molecule has 0 aromatic heterocycles. The van der Waals surface area contributed by atoms with Gasteiger partial charge in [0.2, 0.25) is 94.5 Å². The molecule has 47 nitrogen and oxygen atoms in total. The molecule has 4 rings (SSSR count). The molecule has 0 radical (unpaired) electrons. The van der Waals surface area contributed by atoms with E-state index >= 15 is 4.79 Å². The first-order chi connectivity index (χ1) is 63.4. The van der Waals surface area contributed by atoms with Crippen LogP contribution < -0.4 is 92.1 Å². The molecule has 0 bridgehead atoms. The van der Waals surface area contributed by atoms with Crippen LogP contribution >= 0.6 is 37.0 Å². The van der Waals surface area contributed by atoms with E-state index in [0.717, 1.165) is 4.90 Å². The van der Waals surface area contributed by atoms with Crippen molar-refractivity contribution >= 4 is 155 Å². The number of likely N-dealkylation sites (tertiary alicyclic amines) is 3. The number of phenols is 1. The van der Waals surface area contributed by atoms with Crippen LogP contribution in [0.5, 0.6) is 5.75 Å². The highest BCUT2D eigenvalue weighted by molar-refractivity contribution is 7.98. The van der Waals surface area contributed by atoms with Gasteiger partial charge in [-0.25, -0.2) is 4.79 Å². The number of carboxylic acid groups (broad SMARTS) is 3. The lowest BCUT2D eigenvalue weighted by Gasteiger charge is -2.33. The van der Waals surface area contributed by atoms with Gasteiger partial charge >= 0.3 is 17.9 Å². The summed E-state index contributed by atoms with van der Waals surface area (Å²) in [5, 5.41) is 103. The van der Waals surface area contributed by atoms with Crippen molar-refractivity contribution in [2.24, 2.45) is 45.7 Å². The number of amides is 16. The molecule has 28 N–H and O–H groups in total. The molecule has 50 heteroatoms. The molecule has 3 saturated heterocycles. The molecule has 3 aliphatic rings. The number of aliphatic imine (C=N–C) groups is 1. The Balaban J connectivity index is 1.51. The first-order valence-corrected chi connectivity index (χ1v) is 47.5. The van der Waals surface area contributed by atoms with Crippen molar-refractivity contribution in [1.82, 2.24) is 83.8 Å². The first-order valence-electron chi connectivity index (χ1n) is 44.8. The smallest absolute Gasteiger partial charge is 0.326 e. The van der Waals surface area contributed by atoms with Gasteiger partial charge in [-0.15, -0.1) is 0 Å². The number of carbonyl (C=O) groups is 19. The van der Waals surface area contributed by atoms with E-state index in [0.29, 0.717) is 50.0 Å². The molecule has 1 aromatic carbocycles. The summed E-state index contributed by atoms with van der Waals surface area (Å²) in [5.74, 6) is -22.6. The lowest BCUT2D eigenvalue weighted by molar-refractivity contribution is -0.146. The topological polar surface area (TPSA) is 748 Å². The molecule has 3 heterocycles. The molecule has 0 unspecified atom stereocenters. The number of carbonyl (C=O) groups excluding carboxylic acids is 16. The molecule has 0 spiro atoms. The molecule has 0 saturated carbocycles. The summed E-state index contributed by atoms with van der Waals surface area (Å²) >= 11 is 10.1. The Kier molecular flexibility index (Phi) is 50.3. The number of thioether (sulfide) groups is 1. The van der Waals surface area contributed by atoms with E-state index in [4.69, 9.17) is 28.0 Å². The number of rotatable bonds is 59. The summed E-state index contributed by atoms with van der Waals surface area (Å²) in [7, 11) is 0. The quantitative estimate of drug-likeness (QED) is 0.0125. The molecule has 21 atom stereocenters. The summed E-state index contributed by atoms with van der Waals surface area (Å²) in [6.07, 6.45) is 0.447. The predicted molar refractivity (Wildman–Crippen MR) is 494 cm³/mol. The van der Waals surface area contributed by atoms with E-state index in [1.54, 1.807) is 40.9 Å². The Bertz CT molecular complexity index is 4220. The van der Waals surface area contributed by atoms with Crippen LogP contribution in [0, 0.1) is 17.8 Å². The standard InChI is InChI=1S/C84H137N21O26S3/c1-9-42(4)63(77(124)95-54(38-106)72(119)96-55(39-107)80(127)103-32-15-21-59(103)75(122)94-53(37-62(112)113)70(117)92-51(83(130)131)27-28-61(110)111)100-71(118)52(36-46-23-25-47(109)26-24-46)93-73(120)56(40-132)97-76(123)60-22-17-34-105(60)82(129)65(44(6)11-3)101-69(116)50(29-35-134-8)90-74(121)58-20-16-33-104(58)81(128)57(41-133)98-68(115)49(19-14-31-89-84(87)88)91-79(126)66(45(7)108)102-78(125)64(43(5)10-2)99-67(114)48(86)18-12-13-30-85/h23-26,42-45,48-60,63-66,106-109,132-133H,9-22,27-41,85-86H2,1-8H3,(H,90,121)(H,91,126)(H,92,117)(H,93,120)(H,94,122)(H,95,124)(H,96,119)(H,97,123)(H,98,115)(H,99,114)(H,100,118)(H,101,116)(H,102,125)(H,110,111)(H,112,113)(H,130,131)(H4,87,88,89)/t42-,43-,44-,45+,48-,49-,50-,51-,52-,53-,54-,55-,56-,57-,58-,59-,60-,63-,64-,65-,66-/m0/s1. The van der Waals surface area contributed by atoms with Gasteiger partial charge in [0, 0.05) is 50.5 Å². The number of nitrogens with two attached hydrogens (primary N) is 4. The maximum atomic E-state index is 15.0. The Morgan fingerprint density at radius 3 is 1.34 bits per heavy atom. The summed E-state index contributed by atoms with van der Waals surface area (Å²) in [4.78, 5) is 270. The van der Waals surface area contributed by atoms with Gasteiger partial charge in [0.05, 0.1) is 31.8 Å². The number of aliphatic hydroxyl groups excluding tert-OH is 3. The van der Waals surface area contributed by atoms with Crippen LogP contribution in [-0.2, 0) is 97.5 Å². The molecule has 0 aliphatic carbocycles. The fourth-order valence-corrected chi connectivity index (χ4v) is 16.0. The van der Waals surface area contributed by atoms with E-state index in [1.807, 2.05) is 5.32 Å². The van der Waals surface area contributed by atoms with E-state index in [9.17, 15) is 117 Å². The second-order valence-electron chi connectivity index (χ2n) is 33.6. The number of hydrogen-bond acceptors (Lipinski definition) is 29. The number of benzene rings is 1. The van der Waals surface area contributed by atoms with Gasteiger partial charge in [-0.1, -0.05) is 79.4 Å². The van der Waals surface area contributed by atoms with Crippen molar-refractivity contribution < 1.29 is 127 Å². The van der Waals surface area contributed by atoms with Crippen molar-refractivity contribution in [3.63, 3.8) is 0 Å². The SMILES string of the molecule is CC[C@H](C)[C@H](NC(=O)[C@H](Cc1ccc(O)cc1)NC(=O)[C@H](CS)NC(=O)[C@@H]1CCCN1C(=O)[C@@H](NC(=O)[C@H](CCSC)NC(=O)[C@@H]1CCCN1C(=O)[C@H](CS)NC(=O)[C@H](CCCN=C(N)N)NC(=O)[C@@H](NC(=O)[C@@H](NC(=O)[C@@H](N)CCCCN)[C@@H](C)CC)[C@@H](C)O)[C@@H](C)CC)C(=O)N[C@@H](CO)C(=O)N[C@@H](CO)C(=O)N1CCC[C@H]1C(=O)N[C@@H](CC(=O)O)C(=O)N[C@@H](CCC(=O)O)C(=O)O. The van der Waals surface area contributed by atoms with E-state index in [1.165, 1.54) is 59.7 Å². The minimum absolute atomic E-state index is 0.000763. The number of aromatic hydroxyl groups is 1. The Hall–Kier alpha value is -10.9. The lowest BCUT2D eigenvalue weighted by Crippen LogP contribution is -2.62. The Labute approximate surface area is 792 Å². The fraction of sp³-hybridized carbons (Fsp3) is 0.690. The zero-order valence-corrected chi connectivity index (χ0v) is 79.3. The maximum absolute atomic E-state index is 15.0. The third-order valence-electron chi connectivity index (χ3n) is 23.6. The molecule has 3 fully saturated rings. The van der Waals surface area contributed by atoms with Gasteiger partial charge in [-0.2, -0.15) is 37.0 Å². The summed E-state index contributed by atoms with van der Waals surface area (Å²) in [6, 6.07) is -20.2. The zero-order chi connectivity index (χ0) is 100. The molecule has 1 aromatic rings. The molecule has 3 aliphatic heterocycles. The molecule has 752 valence electrons. The third-order valence-corrected chi connectivity index (χ3v) is 25.0. The van der Waals surface area contributed by atoms with Crippen molar-refractivity contribution in [1.29, 1.82) is 0 Å². The average Bonchev–Trinajstić information content (AvgIpc) is 1.66. The Morgan fingerprint density at radius 2 is 0.858 bits per heavy atom. The normalized spacial score (nSPS) is 18.7. The van der Waals surface area contributed by atoms with Crippen LogP contribution in [0.15, 0.2) is 29.3 Å². The highest BCUT2D eigenvalue weighted by atomic mass is 32.2. The van der Waals surface area contributed by atoms with Crippen LogP contribution in [-0.4, -0.2) is 347 Å². The number of nitrogens with one attached hydrogen (secondary N) is 13. The highest BCUT2D eigenvalue weighted by Crippen LogP contribution is 2.26. The summed E-state index contributed by atoms with van der Waals surface area (Å²) < 4.78 is 0. The molecule has 134 heavy (non-hydrogen) atoms. The van der Waals surface area contributed by atoms with Crippen LogP contribution in [0.2, 0.25) is 0 Å². The van der Waals surface area contributed by atoms with E-state index < -0.39 is 277 Å². The number of nitrogens with zero attached hydrogens (tertiary/aromatic N) is 4. The van der Waals surface area contributed by atoms with Crippen molar-refractivity contribution in [3.8, 4) is 5.75 Å². The third kappa shape index (κ3) is 36.0. The highest BCUT2D eigenvalue weighted by Gasteiger charge is 2.46. The maximum Gasteiger partial charge on any atom is 0.326 e. The number of aliphatic carboxylic acids is 3. The summed E-state index contributed by atoms with van der Waals surface area (Å²) in [5.41, 5.74) is 23.2. The second-order valence-corrected chi connectivity index (χ2v) is 35.3. The molecular weight excluding hydrogens is 1820 g/mol. The summed E-state index contributed by atoms with van der Waals surface area (Å²) in [6.45, 7) is 9.20. The van der Waals surface area contributed by atoms with Gasteiger partial charge in [0.25, 0.3) is 0 Å². The van der Waals surface area contributed by atoms with Crippen LogP contribution in [0.25, 0.3) is 0 Å². The van der Waals surface area contributed by atoms with Crippen LogP contribution in [0.4, 0.5) is 0 Å². The van der Waals surface area contributed by atoms with Crippen LogP contribution in [0.1, 0.15) is 170 Å². The fourth-order valence-electron chi connectivity index (χ4n) is 15.1. The predicted octanol–water partition coefficient (Wildman–Crippen LogP) is -6.74. The molecule has 16 amide bonds. The monoisotopic (exact) mass is 1950 g/mol. The number of aliphatic hydroxyl groups is 3. The van der Waals surface area contributed by atoms with Crippen LogP contribution in [0.3, 0.4) is 0 Å². The average molecular weight is 1950 g/mol. The number of unbranched alkanes of at least 4 members (excludes halogenated alkanes) is 1. The van der Waals surface area contributed by atoms with Crippen molar-refractivity contribution in [2.75, 3.05) is 69.5 Å². The van der Waals surface area contributed by atoms with Gasteiger partial charge in [-0.3, -0.25) is 91.3 Å². The van der Waals surface area contributed by atoms with E-state index in [-0.39, 0.29) is 114 Å². The lowest BCUT2D eigenvalue weighted by atomic mass is 9.96. The number of guanidine groups is 1. The van der Waals surface area contributed by atoms with E-state index in [2.05, 4.69) is 94.1 Å². The number of thiol groups is 2. The van der Waals surface area contributed by atoms with Gasteiger partial charge in [0.15, 0.2) is 5.96 Å². The number of phenolic OH excluding ortho intramolecular Hbond substituents is 1. The largest absolute Gasteiger partial charge is 0.508 e. The van der Waals surface area contributed by atoms with Gasteiger partial charge < -0.3 is 142 Å². The number of hydrogen-bond donors (Lipinski definition) is 26. The molecular formula is C84H137N21O26S3. The van der Waals surface area contributed by atoms with Gasteiger partial charge in [0.1, 0.15) is 102 Å². The van der Waals surface area contributed by atoms with Crippen molar-refractivity contribution in [2.45, 2.75) is 279 Å². The van der Waals surface area contributed by atoms with Crippen molar-refractivity contribution in [3.05, 3.63) is 29.8 Å². The minimum Gasteiger partial charge on any atom is -0.508 e. The first kappa shape index (κ1) is 115. The Morgan fingerprint density at radius 1 is 0.455 bits per heavy atom. The zero-order valence-electron chi connectivity index (χ0n) is 76.7. The minimum atomic E-state index is -1.95. The second kappa shape index (κ2) is 58.4.